The minimum Gasteiger partial charge on any atom is -0.476 e. The minimum atomic E-state index is -1.21. The molecule has 5 nitrogen and oxygen atoms in total. The maximum Gasteiger partial charge on any atom is 0.356 e. The number of benzene rings is 1. The number of hydrogen-bond acceptors (Lipinski definition) is 5. The van der Waals surface area contributed by atoms with E-state index in [0.29, 0.717) is 5.13 Å². The largest absolute Gasteiger partial charge is 0.476 e. The van der Waals surface area contributed by atoms with E-state index in [4.69, 9.17) is 5.11 Å². The van der Waals surface area contributed by atoms with Gasteiger partial charge in [0.1, 0.15) is 4.88 Å². The Labute approximate surface area is 127 Å². The van der Waals surface area contributed by atoms with Crippen LogP contribution in [0.1, 0.15) is 32.6 Å². The first kappa shape index (κ1) is 14.7. The molecule has 0 saturated carbocycles. The van der Waals surface area contributed by atoms with Gasteiger partial charge < -0.3 is 10.4 Å². The summed E-state index contributed by atoms with van der Waals surface area (Å²) < 4.78 is 0.842. The molecule has 0 aliphatic carbocycles. The molecule has 0 aliphatic rings. The first-order chi connectivity index (χ1) is 9.38. The number of ketones is 1. The van der Waals surface area contributed by atoms with Crippen LogP contribution in [0, 0.1) is 6.92 Å². The SMILES string of the molecule is CC(=O)c1sc(Nc2ccc(C)cc2Br)nc1C(=O)O. The van der Waals surface area contributed by atoms with Gasteiger partial charge in [0.2, 0.25) is 0 Å². The van der Waals surface area contributed by atoms with E-state index in [9.17, 15) is 9.59 Å². The summed E-state index contributed by atoms with van der Waals surface area (Å²) in [6, 6.07) is 5.71. The molecule has 1 aromatic carbocycles. The van der Waals surface area contributed by atoms with Gasteiger partial charge in [-0.3, -0.25) is 4.79 Å². The van der Waals surface area contributed by atoms with Gasteiger partial charge in [-0.05, 0) is 40.5 Å². The van der Waals surface area contributed by atoms with Crippen LogP contribution in [0.4, 0.5) is 10.8 Å². The van der Waals surface area contributed by atoms with Gasteiger partial charge in [-0.2, -0.15) is 0 Å². The maximum absolute atomic E-state index is 11.4. The molecular weight excluding hydrogens is 344 g/mol. The van der Waals surface area contributed by atoms with E-state index in [1.807, 2.05) is 25.1 Å². The predicted molar refractivity (Wildman–Crippen MR) is 81.2 cm³/mol. The van der Waals surface area contributed by atoms with E-state index in [1.165, 1.54) is 6.92 Å². The number of halogens is 1. The standard InChI is InChI=1S/C13H11BrN2O3S/c1-6-3-4-9(8(14)5-6)15-13-16-10(12(18)19)11(20-13)7(2)17/h3-5H,1-2H3,(H,15,16)(H,18,19). The maximum atomic E-state index is 11.4. The van der Waals surface area contributed by atoms with Crippen LogP contribution in [0.5, 0.6) is 0 Å². The van der Waals surface area contributed by atoms with E-state index in [2.05, 4.69) is 26.2 Å². The smallest absolute Gasteiger partial charge is 0.356 e. The van der Waals surface area contributed by atoms with Gasteiger partial charge in [0.15, 0.2) is 16.6 Å². The number of Topliss-reactive ketones (excluding diaryl/α,β-unsaturated/α-hetero) is 1. The Hall–Kier alpha value is -1.73. The van der Waals surface area contributed by atoms with E-state index in [-0.39, 0.29) is 16.4 Å². The molecule has 20 heavy (non-hydrogen) atoms. The Morgan fingerprint density at radius 1 is 1.40 bits per heavy atom. The van der Waals surface area contributed by atoms with Crippen molar-refractivity contribution in [1.29, 1.82) is 0 Å². The van der Waals surface area contributed by atoms with Crippen molar-refractivity contribution in [2.45, 2.75) is 13.8 Å². The first-order valence-corrected chi connectivity index (χ1v) is 7.27. The van der Waals surface area contributed by atoms with Crippen LogP contribution in [-0.4, -0.2) is 21.8 Å². The predicted octanol–water partition coefficient (Wildman–Crippen LogP) is 3.86. The third-order valence-corrected chi connectivity index (χ3v) is 4.24. The van der Waals surface area contributed by atoms with Gasteiger partial charge in [0, 0.05) is 11.4 Å². The molecule has 0 radical (unpaired) electrons. The first-order valence-electron chi connectivity index (χ1n) is 5.66. The topological polar surface area (TPSA) is 79.3 Å². The molecule has 0 amide bonds. The molecule has 1 aromatic heterocycles. The third-order valence-electron chi connectivity index (χ3n) is 2.52. The molecule has 1 heterocycles. The highest BCUT2D eigenvalue weighted by Crippen LogP contribution is 2.30. The fourth-order valence-electron chi connectivity index (χ4n) is 1.59. The van der Waals surface area contributed by atoms with E-state index in [0.717, 1.165) is 27.1 Å². The molecule has 0 bridgehead atoms. The second kappa shape index (κ2) is 5.72. The van der Waals surface area contributed by atoms with Gasteiger partial charge in [-0.25, -0.2) is 9.78 Å². The molecule has 2 aromatic rings. The number of nitrogens with zero attached hydrogens (tertiary/aromatic N) is 1. The number of carboxylic acids is 1. The fourth-order valence-corrected chi connectivity index (χ4v) is 3.05. The second-order valence-electron chi connectivity index (χ2n) is 4.17. The quantitative estimate of drug-likeness (QED) is 0.815. The lowest BCUT2D eigenvalue weighted by atomic mass is 10.2. The zero-order chi connectivity index (χ0) is 14.9. The number of aromatic nitrogens is 1. The Morgan fingerprint density at radius 3 is 2.60 bits per heavy atom. The Kier molecular flexibility index (Phi) is 4.20. The van der Waals surface area contributed by atoms with Crippen molar-refractivity contribution in [2.75, 3.05) is 5.32 Å². The monoisotopic (exact) mass is 354 g/mol. The summed E-state index contributed by atoms with van der Waals surface area (Å²) in [7, 11) is 0. The van der Waals surface area contributed by atoms with Crippen molar-refractivity contribution in [3.63, 3.8) is 0 Å². The average Bonchev–Trinajstić information content (AvgIpc) is 2.77. The lowest BCUT2D eigenvalue weighted by molar-refractivity contribution is 0.0687. The lowest BCUT2D eigenvalue weighted by Crippen LogP contribution is -2.03. The molecule has 2 N–H and O–H groups in total. The van der Waals surface area contributed by atoms with E-state index < -0.39 is 5.97 Å². The zero-order valence-electron chi connectivity index (χ0n) is 10.7. The van der Waals surface area contributed by atoms with Gasteiger partial charge in [-0.1, -0.05) is 17.4 Å². The molecule has 2 rings (SSSR count). The number of carbonyl (C=O) groups excluding carboxylic acids is 1. The molecule has 0 fully saturated rings. The number of nitrogens with one attached hydrogen (secondary N) is 1. The van der Waals surface area contributed by atoms with Crippen LogP contribution in [0.25, 0.3) is 0 Å². The van der Waals surface area contributed by atoms with Crippen molar-refractivity contribution < 1.29 is 14.7 Å². The lowest BCUT2D eigenvalue weighted by Gasteiger charge is -2.05. The summed E-state index contributed by atoms with van der Waals surface area (Å²) in [4.78, 5) is 26.6. The van der Waals surface area contributed by atoms with Crippen LogP contribution in [-0.2, 0) is 0 Å². The summed E-state index contributed by atoms with van der Waals surface area (Å²) in [5.41, 5.74) is 1.64. The van der Waals surface area contributed by atoms with Crippen LogP contribution in [0.15, 0.2) is 22.7 Å². The number of aryl methyl sites for hydroxylation is 1. The van der Waals surface area contributed by atoms with Crippen LogP contribution >= 0.6 is 27.3 Å². The fraction of sp³-hybridized carbons (Fsp3) is 0.154. The van der Waals surface area contributed by atoms with Crippen LogP contribution in [0.3, 0.4) is 0 Å². The van der Waals surface area contributed by atoms with Crippen molar-refractivity contribution >= 4 is 49.8 Å². The highest BCUT2D eigenvalue weighted by atomic mass is 79.9. The van der Waals surface area contributed by atoms with Crippen molar-refractivity contribution in [3.05, 3.63) is 38.8 Å². The highest BCUT2D eigenvalue weighted by Gasteiger charge is 2.20. The molecule has 0 unspecified atom stereocenters. The Bertz CT molecular complexity index is 665. The number of aromatic carboxylic acids is 1. The molecular formula is C13H11BrN2O3S. The number of carbonyl (C=O) groups is 2. The molecule has 0 atom stereocenters. The normalized spacial score (nSPS) is 10.3. The van der Waals surface area contributed by atoms with E-state index >= 15 is 0 Å². The van der Waals surface area contributed by atoms with Crippen molar-refractivity contribution in [2.24, 2.45) is 0 Å². The van der Waals surface area contributed by atoms with Crippen LogP contribution in [0.2, 0.25) is 0 Å². The van der Waals surface area contributed by atoms with Gasteiger partial charge in [0.25, 0.3) is 0 Å². The number of anilines is 2. The molecule has 0 spiro atoms. The third kappa shape index (κ3) is 3.05. The summed E-state index contributed by atoms with van der Waals surface area (Å²) >= 11 is 4.45. The summed E-state index contributed by atoms with van der Waals surface area (Å²) in [6.45, 7) is 3.29. The van der Waals surface area contributed by atoms with E-state index in [1.54, 1.807) is 0 Å². The second-order valence-corrected chi connectivity index (χ2v) is 6.02. The molecule has 7 heteroatoms. The van der Waals surface area contributed by atoms with Crippen molar-refractivity contribution in [3.8, 4) is 0 Å². The average molecular weight is 355 g/mol. The Balaban J connectivity index is 2.37. The Morgan fingerprint density at radius 2 is 2.10 bits per heavy atom. The minimum absolute atomic E-state index is 0.142. The highest BCUT2D eigenvalue weighted by molar-refractivity contribution is 9.10. The number of rotatable bonds is 4. The summed E-state index contributed by atoms with van der Waals surface area (Å²) in [5.74, 6) is -1.52. The van der Waals surface area contributed by atoms with Crippen LogP contribution < -0.4 is 5.32 Å². The molecule has 0 aliphatic heterocycles. The van der Waals surface area contributed by atoms with Crippen molar-refractivity contribution in [1.82, 2.24) is 4.98 Å². The number of carboxylic acid groups (broad SMARTS) is 1. The van der Waals surface area contributed by atoms with Gasteiger partial charge in [-0.15, -0.1) is 0 Å². The van der Waals surface area contributed by atoms with Gasteiger partial charge in [0.05, 0.1) is 5.69 Å². The summed E-state index contributed by atoms with van der Waals surface area (Å²) in [5, 5.41) is 12.4. The van der Waals surface area contributed by atoms with Gasteiger partial charge >= 0.3 is 5.97 Å². The zero-order valence-corrected chi connectivity index (χ0v) is 13.1. The number of thiazole rings is 1. The molecule has 104 valence electrons. The molecule has 0 saturated heterocycles. The number of hydrogen-bond donors (Lipinski definition) is 2. The summed E-state index contributed by atoms with van der Waals surface area (Å²) in [6.07, 6.45) is 0.